The van der Waals surface area contributed by atoms with Crippen molar-refractivity contribution in [2.45, 2.75) is 38.1 Å². The molecule has 0 spiro atoms. The number of carbonyl (C=O) groups excluding carboxylic acids is 3. The summed E-state index contributed by atoms with van der Waals surface area (Å²) in [5.74, 6) is -0.386. The lowest BCUT2D eigenvalue weighted by atomic mass is 9.81. The minimum atomic E-state index is -0.744. The highest BCUT2D eigenvalue weighted by atomic mass is 32.2. The molecule has 1 aromatic heterocycles. The van der Waals surface area contributed by atoms with Crippen LogP contribution >= 0.6 is 23.1 Å². The summed E-state index contributed by atoms with van der Waals surface area (Å²) in [6, 6.07) is -0.744. The molecule has 0 aromatic carbocycles. The summed E-state index contributed by atoms with van der Waals surface area (Å²) in [6.45, 7) is 0. The Labute approximate surface area is 149 Å². The Balaban J connectivity index is 1.80. The van der Waals surface area contributed by atoms with Crippen molar-refractivity contribution in [3.05, 3.63) is 11.6 Å². The molecule has 6 nitrogen and oxygen atoms in total. The molecule has 1 aliphatic carbocycles. The molecule has 1 saturated carbocycles. The van der Waals surface area contributed by atoms with Gasteiger partial charge in [0.1, 0.15) is 6.04 Å². The summed E-state index contributed by atoms with van der Waals surface area (Å²) in [4.78, 5) is 43.5. The first kappa shape index (κ1) is 17.4. The molecule has 2 aliphatic rings. The summed E-state index contributed by atoms with van der Waals surface area (Å²) in [5, 5.41) is 5.01. The normalized spacial score (nSPS) is 24.8. The lowest BCUT2D eigenvalue weighted by Gasteiger charge is -2.25. The second-order valence-corrected chi connectivity index (χ2v) is 8.05. The number of thioether (sulfide) groups is 1. The Morgan fingerprint density at radius 3 is 2.58 bits per heavy atom. The van der Waals surface area contributed by atoms with Crippen LogP contribution < -0.4 is 5.32 Å². The largest absolute Gasteiger partial charge is 0.300 e. The molecule has 0 unspecified atom stereocenters. The zero-order chi connectivity index (χ0) is 17.1. The Morgan fingerprint density at radius 1 is 1.38 bits per heavy atom. The van der Waals surface area contributed by atoms with Gasteiger partial charge >= 0.3 is 0 Å². The average molecular weight is 367 g/mol. The number of anilines is 1. The van der Waals surface area contributed by atoms with Gasteiger partial charge in [-0.1, -0.05) is 12.8 Å². The fourth-order valence-corrected chi connectivity index (χ4v) is 4.57. The highest BCUT2D eigenvalue weighted by molar-refractivity contribution is 7.98. The predicted molar refractivity (Wildman–Crippen MR) is 94.8 cm³/mol. The van der Waals surface area contributed by atoms with Gasteiger partial charge in [0.15, 0.2) is 5.13 Å². The van der Waals surface area contributed by atoms with Gasteiger partial charge in [-0.3, -0.25) is 19.3 Å². The van der Waals surface area contributed by atoms with Crippen molar-refractivity contribution in [2.24, 2.45) is 11.8 Å². The minimum absolute atomic E-state index is 0.162. The van der Waals surface area contributed by atoms with Crippen LogP contribution in [0.15, 0.2) is 11.6 Å². The molecule has 2 heterocycles. The van der Waals surface area contributed by atoms with E-state index in [1.165, 1.54) is 16.2 Å². The standard InChI is InChI=1S/C16H21N3O3S2/c1-23-8-6-12(13(20)18-16-17-7-9-24-16)19-14(21)10-4-2-3-5-11(10)15(19)22/h7,9-12H,2-6,8H2,1H3,(H,17,18,20)/t10-,11+,12-/m1/s1. The minimum Gasteiger partial charge on any atom is -0.300 e. The number of amides is 3. The van der Waals surface area contributed by atoms with E-state index in [1.807, 2.05) is 6.26 Å². The monoisotopic (exact) mass is 367 g/mol. The molecule has 0 radical (unpaired) electrons. The van der Waals surface area contributed by atoms with Crippen LogP contribution in [0.1, 0.15) is 32.1 Å². The maximum atomic E-state index is 12.8. The van der Waals surface area contributed by atoms with Crippen molar-refractivity contribution >= 4 is 46.0 Å². The van der Waals surface area contributed by atoms with E-state index in [9.17, 15) is 14.4 Å². The fourth-order valence-electron chi connectivity index (χ4n) is 3.58. The third-order valence-electron chi connectivity index (χ3n) is 4.75. The van der Waals surface area contributed by atoms with Crippen LogP contribution in [0.4, 0.5) is 5.13 Å². The van der Waals surface area contributed by atoms with Crippen LogP contribution in [0.2, 0.25) is 0 Å². The predicted octanol–water partition coefficient (Wildman–Crippen LogP) is 2.38. The number of likely N-dealkylation sites (tertiary alicyclic amines) is 1. The summed E-state index contributed by atoms with van der Waals surface area (Å²) >= 11 is 2.92. The van der Waals surface area contributed by atoms with E-state index in [0.29, 0.717) is 17.3 Å². The van der Waals surface area contributed by atoms with E-state index in [1.54, 1.807) is 23.3 Å². The maximum absolute atomic E-state index is 12.8. The number of hydrogen-bond donors (Lipinski definition) is 1. The topological polar surface area (TPSA) is 79.4 Å². The number of nitrogens with one attached hydrogen (secondary N) is 1. The van der Waals surface area contributed by atoms with Crippen LogP contribution in [-0.4, -0.2) is 45.7 Å². The van der Waals surface area contributed by atoms with Gasteiger partial charge in [0, 0.05) is 11.6 Å². The highest BCUT2D eigenvalue weighted by Gasteiger charge is 2.51. The Hall–Kier alpha value is -1.41. The average Bonchev–Trinajstić information content (AvgIpc) is 3.18. The molecule has 1 N–H and O–H groups in total. The number of hydrogen-bond acceptors (Lipinski definition) is 6. The van der Waals surface area contributed by atoms with Crippen molar-refractivity contribution in [2.75, 3.05) is 17.3 Å². The number of thiazole rings is 1. The first-order chi connectivity index (χ1) is 11.6. The lowest BCUT2D eigenvalue weighted by molar-refractivity contribution is -0.146. The third-order valence-corrected chi connectivity index (χ3v) is 6.08. The van der Waals surface area contributed by atoms with Gasteiger partial charge < -0.3 is 5.32 Å². The SMILES string of the molecule is CSCC[C@H](C(=O)Nc1nccs1)N1C(=O)[C@H]2CCCC[C@H]2C1=O. The third kappa shape index (κ3) is 3.35. The van der Waals surface area contributed by atoms with E-state index < -0.39 is 6.04 Å². The Morgan fingerprint density at radius 2 is 2.04 bits per heavy atom. The zero-order valence-electron chi connectivity index (χ0n) is 13.6. The molecule has 130 valence electrons. The Kier molecular flexibility index (Phi) is 5.55. The number of fused-ring (bicyclic) bond motifs is 1. The van der Waals surface area contributed by atoms with Crippen molar-refractivity contribution < 1.29 is 14.4 Å². The number of carbonyl (C=O) groups is 3. The molecular formula is C16H21N3O3S2. The summed E-state index contributed by atoms with van der Waals surface area (Å²) in [5.41, 5.74) is 0. The van der Waals surface area contributed by atoms with Crippen molar-refractivity contribution in [3.63, 3.8) is 0 Å². The number of nitrogens with zero attached hydrogens (tertiary/aromatic N) is 2. The van der Waals surface area contributed by atoms with Crippen molar-refractivity contribution in [1.82, 2.24) is 9.88 Å². The van der Waals surface area contributed by atoms with Crippen LogP contribution in [0, 0.1) is 11.8 Å². The molecule has 0 bridgehead atoms. The van der Waals surface area contributed by atoms with E-state index >= 15 is 0 Å². The number of aromatic nitrogens is 1. The van der Waals surface area contributed by atoms with Gasteiger partial charge in [-0.25, -0.2) is 4.98 Å². The summed E-state index contributed by atoms with van der Waals surface area (Å²) in [6.07, 6.45) is 7.50. The smallest absolute Gasteiger partial charge is 0.249 e. The quantitative estimate of drug-likeness (QED) is 0.781. The second-order valence-electron chi connectivity index (χ2n) is 6.17. The lowest BCUT2D eigenvalue weighted by Crippen LogP contribution is -2.48. The number of rotatable bonds is 6. The molecular weight excluding hydrogens is 346 g/mol. The molecule has 1 saturated heterocycles. The van der Waals surface area contributed by atoms with Gasteiger partial charge in [-0.15, -0.1) is 11.3 Å². The van der Waals surface area contributed by atoms with Crippen LogP contribution in [-0.2, 0) is 14.4 Å². The Bertz CT molecular complexity index is 596. The molecule has 8 heteroatoms. The van der Waals surface area contributed by atoms with Crippen molar-refractivity contribution in [1.29, 1.82) is 0 Å². The zero-order valence-corrected chi connectivity index (χ0v) is 15.2. The first-order valence-corrected chi connectivity index (χ1v) is 10.5. The van der Waals surface area contributed by atoms with E-state index in [0.717, 1.165) is 25.7 Å². The van der Waals surface area contributed by atoms with Gasteiger partial charge in [0.05, 0.1) is 11.8 Å². The molecule has 3 rings (SSSR count). The molecule has 1 aliphatic heterocycles. The van der Waals surface area contributed by atoms with Gasteiger partial charge in [0.2, 0.25) is 17.7 Å². The second kappa shape index (κ2) is 7.65. The fraction of sp³-hybridized carbons (Fsp3) is 0.625. The molecule has 24 heavy (non-hydrogen) atoms. The van der Waals surface area contributed by atoms with Gasteiger partial charge in [-0.2, -0.15) is 11.8 Å². The van der Waals surface area contributed by atoms with E-state index in [2.05, 4.69) is 10.3 Å². The van der Waals surface area contributed by atoms with E-state index in [4.69, 9.17) is 0 Å². The van der Waals surface area contributed by atoms with Crippen LogP contribution in [0.5, 0.6) is 0 Å². The van der Waals surface area contributed by atoms with Crippen molar-refractivity contribution in [3.8, 4) is 0 Å². The first-order valence-electron chi connectivity index (χ1n) is 8.19. The molecule has 2 fully saturated rings. The molecule has 3 amide bonds. The van der Waals surface area contributed by atoms with Crippen LogP contribution in [0.25, 0.3) is 0 Å². The summed E-state index contributed by atoms with van der Waals surface area (Å²) in [7, 11) is 0. The van der Waals surface area contributed by atoms with Gasteiger partial charge in [-0.05, 0) is 31.3 Å². The maximum Gasteiger partial charge on any atom is 0.249 e. The number of imide groups is 1. The molecule has 1 aromatic rings. The highest BCUT2D eigenvalue weighted by Crippen LogP contribution is 2.39. The van der Waals surface area contributed by atoms with Gasteiger partial charge in [0.25, 0.3) is 0 Å². The van der Waals surface area contributed by atoms with Crippen LogP contribution in [0.3, 0.4) is 0 Å². The van der Waals surface area contributed by atoms with E-state index in [-0.39, 0.29) is 29.6 Å². The summed E-state index contributed by atoms with van der Waals surface area (Å²) < 4.78 is 0. The molecule has 3 atom stereocenters.